The number of hydrogen-bond donors (Lipinski definition) is 0. The number of rotatable bonds is 8. The van der Waals surface area contributed by atoms with Crippen molar-refractivity contribution in [3.05, 3.63) is 24.3 Å². The summed E-state index contributed by atoms with van der Waals surface area (Å²) >= 11 is 1.20. The number of piperidine rings is 1. The third-order valence-electron chi connectivity index (χ3n) is 4.90. The van der Waals surface area contributed by atoms with Gasteiger partial charge in [0.25, 0.3) is 5.22 Å². The lowest BCUT2D eigenvalue weighted by Crippen LogP contribution is -2.35. The highest BCUT2D eigenvalue weighted by molar-refractivity contribution is 7.99. The van der Waals surface area contributed by atoms with Crippen molar-refractivity contribution in [2.45, 2.75) is 43.2 Å². The van der Waals surface area contributed by atoms with Gasteiger partial charge in [-0.15, -0.1) is 10.2 Å². The van der Waals surface area contributed by atoms with Gasteiger partial charge in [-0.05, 0) is 51.0 Å². The van der Waals surface area contributed by atoms with Gasteiger partial charge in [-0.25, -0.2) is 8.42 Å². The molecule has 1 saturated heterocycles. The second-order valence-corrected chi connectivity index (χ2v) is 9.58. The Morgan fingerprint density at radius 2 is 1.76 bits per heavy atom. The summed E-state index contributed by atoms with van der Waals surface area (Å²) in [6, 6.07) is 6.47. The summed E-state index contributed by atoms with van der Waals surface area (Å²) in [6.45, 7) is 6.34. The molecule has 1 amide bonds. The quantitative estimate of drug-likeness (QED) is 0.585. The summed E-state index contributed by atoms with van der Waals surface area (Å²) in [5.74, 6) is 0.549. The molecule has 158 valence electrons. The first-order valence-electron chi connectivity index (χ1n) is 9.80. The van der Waals surface area contributed by atoms with Crippen molar-refractivity contribution >= 4 is 27.7 Å². The summed E-state index contributed by atoms with van der Waals surface area (Å²) in [4.78, 5) is 14.1. The second-order valence-electron chi connectivity index (χ2n) is 6.72. The molecule has 29 heavy (non-hydrogen) atoms. The smallest absolute Gasteiger partial charge is 0.277 e. The first kappa shape index (κ1) is 21.8. The van der Waals surface area contributed by atoms with Crippen LogP contribution in [0, 0.1) is 0 Å². The Morgan fingerprint density at radius 1 is 1.10 bits per heavy atom. The zero-order valence-electron chi connectivity index (χ0n) is 16.7. The van der Waals surface area contributed by atoms with Crippen molar-refractivity contribution in [1.82, 2.24) is 19.4 Å². The molecule has 2 heterocycles. The number of nitrogens with zero attached hydrogens (tertiary/aromatic N) is 4. The van der Waals surface area contributed by atoms with E-state index in [1.807, 2.05) is 13.8 Å². The number of carbonyl (C=O) groups is 1. The molecule has 0 radical (unpaired) electrons. The van der Waals surface area contributed by atoms with Crippen LogP contribution in [0.15, 0.2) is 38.8 Å². The molecule has 1 aromatic heterocycles. The molecule has 0 atom stereocenters. The van der Waals surface area contributed by atoms with Crippen LogP contribution in [0.2, 0.25) is 0 Å². The van der Waals surface area contributed by atoms with E-state index < -0.39 is 10.0 Å². The van der Waals surface area contributed by atoms with Gasteiger partial charge in [-0.1, -0.05) is 18.2 Å². The summed E-state index contributed by atoms with van der Waals surface area (Å²) in [5.41, 5.74) is 0.636. The van der Waals surface area contributed by atoms with Crippen molar-refractivity contribution in [2.24, 2.45) is 0 Å². The van der Waals surface area contributed by atoms with E-state index in [4.69, 9.17) is 4.42 Å². The van der Waals surface area contributed by atoms with E-state index in [2.05, 4.69) is 10.2 Å². The third kappa shape index (κ3) is 5.18. The Kier molecular flexibility index (Phi) is 7.31. The van der Waals surface area contributed by atoms with Gasteiger partial charge in [-0.2, -0.15) is 4.31 Å². The van der Waals surface area contributed by atoms with Crippen LogP contribution in [0.4, 0.5) is 0 Å². The molecular formula is C19H26N4O4S2. The highest BCUT2D eigenvalue weighted by atomic mass is 32.2. The van der Waals surface area contributed by atoms with Gasteiger partial charge in [-0.3, -0.25) is 4.79 Å². The lowest BCUT2D eigenvalue weighted by molar-refractivity contribution is -0.127. The van der Waals surface area contributed by atoms with E-state index >= 15 is 0 Å². The largest absolute Gasteiger partial charge is 0.411 e. The first-order valence-corrected chi connectivity index (χ1v) is 12.2. The maximum atomic E-state index is 12.7. The summed E-state index contributed by atoms with van der Waals surface area (Å²) in [7, 11) is -3.47. The second kappa shape index (κ2) is 9.73. The van der Waals surface area contributed by atoms with Gasteiger partial charge >= 0.3 is 0 Å². The van der Waals surface area contributed by atoms with Crippen LogP contribution < -0.4 is 0 Å². The fraction of sp³-hybridized carbons (Fsp3) is 0.526. The summed E-state index contributed by atoms with van der Waals surface area (Å²) in [6.07, 6.45) is 2.87. The fourth-order valence-corrected chi connectivity index (χ4v) is 5.38. The minimum atomic E-state index is -3.47. The Hall–Kier alpha value is -1.91. The Bertz CT molecular complexity index is 918. The van der Waals surface area contributed by atoms with Crippen LogP contribution in [0.1, 0.15) is 33.1 Å². The van der Waals surface area contributed by atoms with Gasteiger partial charge in [0.2, 0.25) is 21.8 Å². The van der Waals surface area contributed by atoms with Crippen LogP contribution in [0.3, 0.4) is 0 Å². The Labute approximate surface area is 175 Å². The number of sulfonamides is 1. The van der Waals surface area contributed by atoms with Crippen molar-refractivity contribution < 1.29 is 17.6 Å². The molecule has 0 bridgehead atoms. The molecule has 2 aromatic rings. The molecular weight excluding hydrogens is 412 g/mol. The molecule has 1 aromatic carbocycles. The molecule has 8 nitrogen and oxygen atoms in total. The van der Waals surface area contributed by atoms with E-state index in [0.717, 1.165) is 19.3 Å². The van der Waals surface area contributed by atoms with Crippen LogP contribution in [-0.2, 0) is 14.8 Å². The molecule has 0 saturated carbocycles. The maximum Gasteiger partial charge on any atom is 0.277 e. The summed E-state index contributed by atoms with van der Waals surface area (Å²) in [5, 5.41) is 8.29. The molecule has 1 aliphatic rings. The van der Waals surface area contributed by atoms with Crippen molar-refractivity contribution in [3.63, 3.8) is 0 Å². The van der Waals surface area contributed by atoms with Crippen LogP contribution in [0.25, 0.3) is 11.5 Å². The number of carbonyl (C=O) groups excluding carboxylic acids is 1. The molecule has 1 fully saturated rings. The van der Waals surface area contributed by atoms with E-state index in [1.54, 1.807) is 33.5 Å². The molecule has 0 spiro atoms. The fourth-order valence-electron chi connectivity index (χ4n) is 3.20. The van der Waals surface area contributed by atoms with Gasteiger partial charge in [0.1, 0.15) is 0 Å². The standard InChI is InChI=1S/C19H26N4O4S2/c1-3-22(4-2)17(24)14-28-19-21-20-18(27-19)15-8-10-16(11-9-15)29(25,26)23-12-6-5-7-13-23/h8-11H,3-7,12-14H2,1-2H3. The van der Waals surface area contributed by atoms with Crippen molar-refractivity contribution in [3.8, 4) is 11.5 Å². The summed E-state index contributed by atoms with van der Waals surface area (Å²) < 4.78 is 32.6. The monoisotopic (exact) mass is 438 g/mol. The van der Waals surface area contributed by atoms with Gasteiger partial charge in [0.15, 0.2) is 0 Å². The molecule has 1 aliphatic heterocycles. The van der Waals surface area contributed by atoms with Gasteiger partial charge in [0.05, 0.1) is 10.6 Å². The van der Waals surface area contributed by atoms with Crippen LogP contribution in [-0.4, -0.2) is 65.7 Å². The van der Waals surface area contributed by atoms with E-state index in [1.165, 1.54) is 11.8 Å². The zero-order chi connectivity index (χ0) is 20.9. The molecule has 0 unspecified atom stereocenters. The average molecular weight is 439 g/mol. The van der Waals surface area contributed by atoms with Crippen LogP contribution in [0.5, 0.6) is 0 Å². The molecule has 3 rings (SSSR count). The SMILES string of the molecule is CCN(CC)C(=O)CSc1nnc(-c2ccc(S(=O)(=O)N3CCCCC3)cc2)o1. The Balaban J connectivity index is 1.65. The maximum absolute atomic E-state index is 12.7. The van der Waals surface area contributed by atoms with Crippen molar-refractivity contribution in [2.75, 3.05) is 31.9 Å². The molecule has 0 aliphatic carbocycles. The topological polar surface area (TPSA) is 96.6 Å². The van der Waals surface area contributed by atoms with Gasteiger partial charge in [0, 0.05) is 31.7 Å². The normalized spacial score (nSPS) is 15.4. The number of benzene rings is 1. The highest BCUT2D eigenvalue weighted by Crippen LogP contribution is 2.26. The number of amides is 1. The van der Waals surface area contributed by atoms with Crippen LogP contribution >= 0.6 is 11.8 Å². The molecule has 10 heteroatoms. The minimum absolute atomic E-state index is 0.0204. The minimum Gasteiger partial charge on any atom is -0.411 e. The number of hydrogen-bond acceptors (Lipinski definition) is 7. The molecule has 0 N–H and O–H groups in total. The van der Waals surface area contributed by atoms with E-state index in [9.17, 15) is 13.2 Å². The van der Waals surface area contributed by atoms with E-state index in [-0.39, 0.29) is 16.6 Å². The lowest BCUT2D eigenvalue weighted by atomic mass is 10.2. The van der Waals surface area contributed by atoms with E-state index in [0.29, 0.717) is 42.9 Å². The predicted octanol–water partition coefficient (Wildman–Crippen LogP) is 2.87. The third-order valence-corrected chi connectivity index (χ3v) is 7.61. The lowest BCUT2D eigenvalue weighted by Gasteiger charge is -2.25. The number of thioether (sulfide) groups is 1. The first-order chi connectivity index (χ1) is 14.0. The van der Waals surface area contributed by atoms with Crippen molar-refractivity contribution in [1.29, 1.82) is 0 Å². The average Bonchev–Trinajstić information content (AvgIpc) is 3.23. The zero-order valence-corrected chi connectivity index (χ0v) is 18.3. The number of aromatic nitrogens is 2. The highest BCUT2D eigenvalue weighted by Gasteiger charge is 2.26. The predicted molar refractivity (Wildman–Crippen MR) is 111 cm³/mol. The Morgan fingerprint density at radius 3 is 2.38 bits per heavy atom. The van der Waals surface area contributed by atoms with Gasteiger partial charge < -0.3 is 9.32 Å².